The average Bonchev–Trinajstić information content (AvgIpc) is 3.19. The van der Waals surface area contributed by atoms with Crippen LogP contribution in [0.5, 0.6) is 11.5 Å². The molecule has 0 aliphatic carbocycles. The molecule has 0 saturated carbocycles. The summed E-state index contributed by atoms with van der Waals surface area (Å²) in [5.74, 6) is -0.332. The van der Waals surface area contributed by atoms with Gasteiger partial charge in [0.25, 0.3) is 11.8 Å². The third kappa shape index (κ3) is 2.68. The van der Waals surface area contributed by atoms with Crippen molar-refractivity contribution in [1.29, 1.82) is 0 Å². The highest BCUT2D eigenvalue weighted by atomic mass is 79.9. The second-order valence-electron chi connectivity index (χ2n) is 5.14. The van der Waals surface area contributed by atoms with Crippen LogP contribution in [0, 0.1) is 0 Å². The van der Waals surface area contributed by atoms with Gasteiger partial charge in [-0.05, 0) is 46.3 Å². The number of urea groups is 1. The Labute approximate surface area is 149 Å². The van der Waals surface area contributed by atoms with Gasteiger partial charge < -0.3 is 13.9 Å². The maximum absolute atomic E-state index is 12.7. The van der Waals surface area contributed by atoms with E-state index in [1.807, 2.05) is 0 Å². The number of benzene rings is 1. The standard InChI is InChI=1S/C16H9BrN2O6/c17-13-4-2-9(25-13)6-10-14(20)18-16(22)19(15(10)21)8-1-3-11-12(5-8)24-7-23-11/h1-6H,7H2,(H,18,20,22)/b10-6+. The van der Waals surface area contributed by atoms with Crippen molar-refractivity contribution >= 4 is 45.5 Å². The van der Waals surface area contributed by atoms with Gasteiger partial charge in [-0.2, -0.15) is 0 Å². The number of carbonyl (C=O) groups is 3. The SMILES string of the molecule is O=C1NC(=O)N(c2ccc3c(c2)OCO3)C(=O)/C1=C/c1ccc(Br)o1. The summed E-state index contributed by atoms with van der Waals surface area (Å²) in [6.45, 7) is 0.0654. The highest BCUT2D eigenvalue weighted by molar-refractivity contribution is 9.10. The van der Waals surface area contributed by atoms with Crippen LogP contribution in [0.3, 0.4) is 0 Å². The van der Waals surface area contributed by atoms with E-state index < -0.39 is 17.8 Å². The number of fused-ring (bicyclic) bond motifs is 1. The second-order valence-corrected chi connectivity index (χ2v) is 5.92. The normalized spacial score (nSPS) is 18.0. The average molecular weight is 405 g/mol. The fourth-order valence-electron chi connectivity index (χ4n) is 2.46. The van der Waals surface area contributed by atoms with Gasteiger partial charge in [0.1, 0.15) is 11.3 Å². The summed E-state index contributed by atoms with van der Waals surface area (Å²) in [5.41, 5.74) is 0.0323. The van der Waals surface area contributed by atoms with Crippen molar-refractivity contribution in [1.82, 2.24) is 5.32 Å². The summed E-state index contributed by atoms with van der Waals surface area (Å²) >= 11 is 3.14. The van der Waals surface area contributed by atoms with E-state index in [0.29, 0.717) is 21.9 Å². The number of amides is 4. The second kappa shape index (κ2) is 5.78. The largest absolute Gasteiger partial charge is 0.454 e. The first-order valence-corrected chi connectivity index (χ1v) is 7.89. The third-order valence-corrected chi connectivity index (χ3v) is 4.02. The molecule has 0 atom stereocenters. The van der Waals surface area contributed by atoms with Crippen molar-refractivity contribution in [3.05, 3.63) is 46.3 Å². The summed E-state index contributed by atoms with van der Waals surface area (Å²) in [6.07, 6.45) is 1.27. The Balaban J connectivity index is 1.72. The molecule has 4 amide bonds. The van der Waals surface area contributed by atoms with Crippen molar-refractivity contribution in [3.8, 4) is 11.5 Å². The van der Waals surface area contributed by atoms with Crippen LogP contribution in [0.15, 0.2) is 45.0 Å². The minimum atomic E-state index is -0.841. The predicted molar refractivity (Wildman–Crippen MR) is 88.0 cm³/mol. The summed E-state index contributed by atoms with van der Waals surface area (Å²) in [7, 11) is 0. The fourth-order valence-corrected chi connectivity index (χ4v) is 2.78. The van der Waals surface area contributed by atoms with E-state index in [-0.39, 0.29) is 18.1 Å². The van der Waals surface area contributed by atoms with Crippen LogP contribution in [0.4, 0.5) is 10.5 Å². The number of rotatable bonds is 2. The van der Waals surface area contributed by atoms with Crippen molar-refractivity contribution in [2.75, 3.05) is 11.7 Å². The first kappa shape index (κ1) is 15.5. The number of ether oxygens (including phenoxy) is 2. The Hall–Kier alpha value is -3.07. The number of imide groups is 2. The first-order valence-electron chi connectivity index (χ1n) is 7.09. The zero-order chi connectivity index (χ0) is 17.6. The molecule has 1 N–H and O–H groups in total. The van der Waals surface area contributed by atoms with E-state index in [1.54, 1.807) is 18.2 Å². The maximum atomic E-state index is 12.7. The van der Waals surface area contributed by atoms with Crippen LogP contribution in [0.25, 0.3) is 6.08 Å². The first-order chi connectivity index (χ1) is 12.0. The molecule has 2 aliphatic rings. The van der Waals surface area contributed by atoms with E-state index in [0.717, 1.165) is 4.90 Å². The zero-order valence-corrected chi connectivity index (χ0v) is 14.0. The molecule has 25 heavy (non-hydrogen) atoms. The highest BCUT2D eigenvalue weighted by Gasteiger charge is 2.37. The lowest BCUT2D eigenvalue weighted by atomic mass is 10.1. The van der Waals surface area contributed by atoms with Gasteiger partial charge >= 0.3 is 6.03 Å². The topological polar surface area (TPSA) is 98.1 Å². The van der Waals surface area contributed by atoms with Crippen LogP contribution in [0.1, 0.15) is 5.76 Å². The zero-order valence-electron chi connectivity index (χ0n) is 12.4. The molecule has 0 bridgehead atoms. The van der Waals surface area contributed by atoms with Crippen molar-refractivity contribution in [2.24, 2.45) is 0 Å². The molecule has 1 saturated heterocycles. The molecular formula is C16H9BrN2O6. The van der Waals surface area contributed by atoms with E-state index in [1.165, 1.54) is 18.2 Å². The Morgan fingerprint density at radius 2 is 1.88 bits per heavy atom. The molecule has 0 spiro atoms. The van der Waals surface area contributed by atoms with Crippen LogP contribution in [0.2, 0.25) is 0 Å². The summed E-state index contributed by atoms with van der Waals surface area (Å²) in [4.78, 5) is 37.8. The van der Waals surface area contributed by atoms with Gasteiger partial charge in [0.15, 0.2) is 16.2 Å². The molecule has 9 heteroatoms. The molecule has 126 valence electrons. The van der Waals surface area contributed by atoms with E-state index >= 15 is 0 Å². The molecule has 4 rings (SSSR count). The van der Waals surface area contributed by atoms with E-state index in [9.17, 15) is 14.4 Å². The minimum Gasteiger partial charge on any atom is -0.454 e. The molecule has 0 radical (unpaired) electrons. The van der Waals surface area contributed by atoms with Gasteiger partial charge in [-0.1, -0.05) is 0 Å². The van der Waals surface area contributed by atoms with Gasteiger partial charge in [0, 0.05) is 6.07 Å². The van der Waals surface area contributed by atoms with E-state index in [2.05, 4.69) is 21.2 Å². The molecular weight excluding hydrogens is 396 g/mol. The monoisotopic (exact) mass is 404 g/mol. The van der Waals surface area contributed by atoms with Crippen molar-refractivity contribution in [3.63, 3.8) is 0 Å². The number of nitrogens with one attached hydrogen (secondary N) is 1. The van der Waals surface area contributed by atoms with Crippen molar-refractivity contribution in [2.45, 2.75) is 0 Å². The number of anilines is 1. The summed E-state index contributed by atoms with van der Waals surface area (Å²) in [5, 5.41) is 2.14. The maximum Gasteiger partial charge on any atom is 0.335 e. The predicted octanol–water partition coefficient (Wildman–Crippen LogP) is 2.44. The van der Waals surface area contributed by atoms with Crippen LogP contribution in [-0.2, 0) is 9.59 Å². The number of carbonyl (C=O) groups excluding carboxylic acids is 3. The van der Waals surface area contributed by atoms with Crippen LogP contribution >= 0.6 is 15.9 Å². The third-order valence-electron chi connectivity index (χ3n) is 3.60. The van der Waals surface area contributed by atoms with Crippen molar-refractivity contribution < 1.29 is 28.3 Å². The molecule has 2 aromatic rings. The molecule has 3 heterocycles. The van der Waals surface area contributed by atoms with Gasteiger partial charge in [-0.25, -0.2) is 9.69 Å². The lowest BCUT2D eigenvalue weighted by Gasteiger charge is -2.26. The molecule has 2 aliphatic heterocycles. The van der Waals surface area contributed by atoms with Crippen LogP contribution in [-0.4, -0.2) is 24.6 Å². The quantitative estimate of drug-likeness (QED) is 0.609. The van der Waals surface area contributed by atoms with Gasteiger partial charge in [-0.15, -0.1) is 0 Å². The van der Waals surface area contributed by atoms with Crippen LogP contribution < -0.4 is 19.7 Å². The van der Waals surface area contributed by atoms with Gasteiger partial charge in [0.05, 0.1) is 5.69 Å². The fraction of sp³-hybridized carbons (Fsp3) is 0.0625. The Morgan fingerprint density at radius 1 is 1.08 bits per heavy atom. The summed E-state index contributed by atoms with van der Waals surface area (Å²) in [6, 6.07) is 6.98. The number of barbiturate groups is 1. The van der Waals surface area contributed by atoms with Gasteiger partial charge in [0.2, 0.25) is 6.79 Å². The number of hydrogen-bond donors (Lipinski definition) is 1. The molecule has 1 aromatic carbocycles. The van der Waals surface area contributed by atoms with E-state index in [4.69, 9.17) is 13.9 Å². The lowest BCUT2D eigenvalue weighted by molar-refractivity contribution is -0.122. The molecule has 8 nitrogen and oxygen atoms in total. The molecule has 1 fully saturated rings. The van der Waals surface area contributed by atoms with Gasteiger partial charge in [-0.3, -0.25) is 14.9 Å². The lowest BCUT2D eigenvalue weighted by Crippen LogP contribution is -2.54. The Morgan fingerprint density at radius 3 is 2.64 bits per heavy atom. The molecule has 1 aromatic heterocycles. The number of furan rings is 1. The molecule has 0 unspecified atom stereocenters. The smallest absolute Gasteiger partial charge is 0.335 e. The Bertz CT molecular complexity index is 948. The minimum absolute atomic E-state index is 0.0654. The number of halogens is 1. The summed E-state index contributed by atoms with van der Waals surface area (Å²) < 4.78 is 16.2. The highest BCUT2D eigenvalue weighted by Crippen LogP contribution is 2.36. The Kier molecular flexibility index (Phi) is 3.57. The number of nitrogens with zero attached hydrogens (tertiary/aromatic N) is 1. The number of hydrogen-bond acceptors (Lipinski definition) is 6.